The molecule has 0 aliphatic heterocycles. The minimum absolute atomic E-state index is 0.221. The molecule has 0 unspecified atom stereocenters. The van der Waals surface area contributed by atoms with E-state index in [4.69, 9.17) is 9.26 Å². The van der Waals surface area contributed by atoms with Crippen LogP contribution >= 0.6 is 0 Å². The zero-order valence-corrected chi connectivity index (χ0v) is 10.2. The quantitative estimate of drug-likeness (QED) is 0.901. The van der Waals surface area contributed by atoms with E-state index in [0.717, 1.165) is 0 Å². The van der Waals surface area contributed by atoms with Crippen LogP contribution in [0.3, 0.4) is 0 Å². The molecular weight excluding hydrogens is 232 g/mol. The van der Waals surface area contributed by atoms with Gasteiger partial charge in [-0.05, 0) is 12.1 Å². The average Bonchev–Trinajstić information content (AvgIpc) is 2.78. The Kier molecular flexibility index (Phi) is 3.62. The summed E-state index contributed by atoms with van der Waals surface area (Å²) in [5, 5.41) is 6.23. The molecule has 0 saturated heterocycles. The number of para-hydroxylation sites is 1. The maximum Gasteiger partial charge on any atom is 0.418 e. The fourth-order valence-electron chi connectivity index (χ4n) is 1.35. The number of aromatic nitrogens is 1. The van der Waals surface area contributed by atoms with Crippen LogP contribution in [0.4, 0.5) is 10.6 Å². The summed E-state index contributed by atoms with van der Waals surface area (Å²) in [6.45, 7) is 3.96. The third-order valence-corrected chi connectivity index (χ3v) is 2.28. The third-order valence-electron chi connectivity index (χ3n) is 2.28. The Morgan fingerprint density at radius 3 is 2.67 bits per heavy atom. The highest BCUT2D eigenvalue weighted by atomic mass is 16.6. The van der Waals surface area contributed by atoms with Crippen LogP contribution in [0.1, 0.15) is 25.5 Å². The van der Waals surface area contributed by atoms with Gasteiger partial charge in [0, 0.05) is 12.0 Å². The van der Waals surface area contributed by atoms with Crippen molar-refractivity contribution in [2.75, 3.05) is 5.32 Å². The van der Waals surface area contributed by atoms with E-state index in [1.54, 1.807) is 30.3 Å². The van der Waals surface area contributed by atoms with Crippen molar-refractivity contribution in [2.45, 2.75) is 19.8 Å². The topological polar surface area (TPSA) is 64.4 Å². The van der Waals surface area contributed by atoms with Gasteiger partial charge in [-0.25, -0.2) is 4.79 Å². The number of hydrogen-bond acceptors (Lipinski definition) is 4. The van der Waals surface area contributed by atoms with Crippen LogP contribution in [0.15, 0.2) is 40.9 Å². The Hall–Kier alpha value is -2.30. The molecule has 0 saturated carbocycles. The van der Waals surface area contributed by atoms with Crippen molar-refractivity contribution in [3.63, 3.8) is 0 Å². The van der Waals surface area contributed by atoms with Gasteiger partial charge < -0.3 is 9.26 Å². The fourth-order valence-corrected chi connectivity index (χ4v) is 1.35. The van der Waals surface area contributed by atoms with Crippen LogP contribution < -0.4 is 10.1 Å². The molecule has 0 atom stereocenters. The highest BCUT2D eigenvalue weighted by Gasteiger charge is 2.11. The molecule has 1 N–H and O–H groups in total. The first-order valence-corrected chi connectivity index (χ1v) is 5.65. The molecule has 5 heteroatoms. The van der Waals surface area contributed by atoms with Gasteiger partial charge in [0.1, 0.15) is 11.5 Å². The standard InChI is InChI=1S/C13H14N2O3/c1-9(2)11-8-12(15-18-11)14-13(16)17-10-6-4-3-5-7-10/h3-9H,1-2H3,(H,14,15,16). The number of benzene rings is 1. The maximum absolute atomic E-state index is 11.5. The van der Waals surface area contributed by atoms with Crippen LogP contribution in [0, 0.1) is 0 Å². The highest BCUT2D eigenvalue weighted by Crippen LogP contribution is 2.18. The van der Waals surface area contributed by atoms with Crippen molar-refractivity contribution in [1.29, 1.82) is 0 Å². The number of carbonyl (C=O) groups excluding carboxylic acids is 1. The number of carbonyl (C=O) groups is 1. The SMILES string of the molecule is CC(C)c1cc(NC(=O)Oc2ccccc2)no1. The van der Waals surface area contributed by atoms with Gasteiger partial charge in [-0.15, -0.1) is 0 Å². The van der Waals surface area contributed by atoms with Gasteiger partial charge in [-0.3, -0.25) is 5.32 Å². The lowest BCUT2D eigenvalue weighted by Gasteiger charge is -2.02. The van der Waals surface area contributed by atoms with Gasteiger partial charge in [-0.2, -0.15) is 0 Å². The Labute approximate surface area is 105 Å². The molecule has 0 bridgehead atoms. The van der Waals surface area contributed by atoms with Crippen LogP contribution in [-0.4, -0.2) is 11.2 Å². The predicted molar refractivity (Wildman–Crippen MR) is 66.7 cm³/mol. The molecule has 0 spiro atoms. The largest absolute Gasteiger partial charge is 0.418 e. The molecule has 0 radical (unpaired) electrons. The summed E-state index contributed by atoms with van der Waals surface area (Å²) in [5.74, 6) is 1.76. The van der Waals surface area contributed by atoms with Gasteiger partial charge in [0.05, 0.1) is 0 Å². The summed E-state index contributed by atoms with van der Waals surface area (Å²) in [6.07, 6.45) is -0.593. The first-order chi connectivity index (χ1) is 8.65. The molecule has 0 fully saturated rings. The molecule has 5 nitrogen and oxygen atoms in total. The first-order valence-electron chi connectivity index (χ1n) is 5.65. The van der Waals surface area contributed by atoms with Crippen LogP contribution in [-0.2, 0) is 0 Å². The molecule has 2 rings (SSSR count). The number of nitrogens with zero attached hydrogens (tertiary/aromatic N) is 1. The fraction of sp³-hybridized carbons (Fsp3) is 0.231. The Balaban J connectivity index is 1.95. The van der Waals surface area contributed by atoms with Crippen LogP contribution in [0.2, 0.25) is 0 Å². The van der Waals surface area contributed by atoms with E-state index >= 15 is 0 Å². The lowest BCUT2D eigenvalue weighted by Crippen LogP contribution is -2.16. The van der Waals surface area contributed by atoms with Gasteiger partial charge >= 0.3 is 6.09 Å². The number of amides is 1. The summed E-state index contributed by atoms with van der Waals surface area (Å²) in [5.41, 5.74) is 0. The second-order valence-electron chi connectivity index (χ2n) is 4.10. The zero-order valence-electron chi connectivity index (χ0n) is 10.2. The highest BCUT2D eigenvalue weighted by molar-refractivity contribution is 5.85. The van der Waals surface area contributed by atoms with Gasteiger partial charge in [0.25, 0.3) is 0 Å². The molecule has 1 heterocycles. The predicted octanol–water partition coefficient (Wildman–Crippen LogP) is 3.41. The first kappa shape index (κ1) is 12.2. The summed E-state index contributed by atoms with van der Waals surface area (Å²) in [7, 11) is 0. The lowest BCUT2D eigenvalue weighted by atomic mass is 10.2. The molecule has 1 aromatic carbocycles. The van der Waals surface area contributed by atoms with E-state index in [0.29, 0.717) is 17.3 Å². The van der Waals surface area contributed by atoms with Crippen molar-refractivity contribution < 1.29 is 14.1 Å². The Morgan fingerprint density at radius 1 is 1.33 bits per heavy atom. The van der Waals surface area contributed by atoms with E-state index in [1.165, 1.54) is 0 Å². The second kappa shape index (κ2) is 5.35. The number of rotatable bonds is 3. The maximum atomic E-state index is 11.5. The molecule has 2 aromatic rings. The summed E-state index contributed by atoms with van der Waals surface area (Å²) >= 11 is 0. The number of ether oxygens (including phenoxy) is 1. The molecule has 94 valence electrons. The average molecular weight is 246 g/mol. The van der Waals surface area contributed by atoms with Crippen molar-refractivity contribution in [3.05, 3.63) is 42.2 Å². The monoisotopic (exact) mass is 246 g/mol. The van der Waals surface area contributed by atoms with Crippen molar-refractivity contribution in [3.8, 4) is 5.75 Å². The summed E-state index contributed by atoms with van der Waals surface area (Å²) in [6, 6.07) is 10.5. The minimum atomic E-state index is -0.593. The smallest absolute Gasteiger partial charge is 0.410 e. The summed E-state index contributed by atoms with van der Waals surface area (Å²) in [4.78, 5) is 11.5. The van der Waals surface area contributed by atoms with Gasteiger partial charge in [0.2, 0.25) is 0 Å². The van der Waals surface area contributed by atoms with Crippen molar-refractivity contribution in [1.82, 2.24) is 5.16 Å². The molecule has 0 aliphatic carbocycles. The molecular formula is C13H14N2O3. The zero-order chi connectivity index (χ0) is 13.0. The Morgan fingerprint density at radius 2 is 2.06 bits per heavy atom. The number of hydrogen-bond donors (Lipinski definition) is 1. The van der Waals surface area contributed by atoms with E-state index < -0.39 is 6.09 Å². The van der Waals surface area contributed by atoms with E-state index in [2.05, 4.69) is 10.5 Å². The normalized spacial score (nSPS) is 10.4. The molecule has 0 aliphatic rings. The second-order valence-corrected chi connectivity index (χ2v) is 4.10. The van der Waals surface area contributed by atoms with Crippen molar-refractivity contribution in [2.24, 2.45) is 0 Å². The van der Waals surface area contributed by atoms with Crippen molar-refractivity contribution >= 4 is 11.9 Å². The summed E-state index contributed by atoms with van der Waals surface area (Å²) < 4.78 is 10.1. The van der Waals surface area contributed by atoms with E-state index in [-0.39, 0.29) is 5.92 Å². The molecule has 18 heavy (non-hydrogen) atoms. The van der Waals surface area contributed by atoms with E-state index in [1.807, 2.05) is 19.9 Å². The Bertz CT molecular complexity index is 520. The molecule has 1 amide bonds. The van der Waals surface area contributed by atoms with E-state index in [9.17, 15) is 4.79 Å². The third kappa shape index (κ3) is 3.10. The molecule has 1 aromatic heterocycles. The number of anilines is 1. The van der Waals surface area contributed by atoms with Crippen LogP contribution in [0.5, 0.6) is 5.75 Å². The van der Waals surface area contributed by atoms with Gasteiger partial charge in [-0.1, -0.05) is 37.2 Å². The van der Waals surface area contributed by atoms with Crippen LogP contribution in [0.25, 0.3) is 0 Å². The minimum Gasteiger partial charge on any atom is -0.410 e. The van der Waals surface area contributed by atoms with Gasteiger partial charge in [0.15, 0.2) is 5.82 Å². The lowest BCUT2D eigenvalue weighted by molar-refractivity contribution is 0.215. The number of nitrogens with one attached hydrogen (secondary N) is 1.